The number of nitrogens with one attached hydrogen (secondary N) is 1. The molecule has 9 nitrogen and oxygen atoms in total. The largest absolute Gasteiger partial charge is 0.488 e. The summed E-state index contributed by atoms with van der Waals surface area (Å²) in [6.45, 7) is 4.51. The third kappa shape index (κ3) is 4.32. The number of benzene rings is 1. The molecule has 1 amide bonds. The van der Waals surface area contributed by atoms with E-state index in [2.05, 4.69) is 20.3 Å². The highest BCUT2D eigenvalue weighted by atomic mass is 16.4. The molecule has 0 unspecified atom stereocenters. The van der Waals surface area contributed by atoms with E-state index in [1.54, 1.807) is 47.1 Å². The van der Waals surface area contributed by atoms with Gasteiger partial charge in [0, 0.05) is 24.5 Å². The highest BCUT2D eigenvalue weighted by molar-refractivity contribution is 6.58. The van der Waals surface area contributed by atoms with E-state index < -0.39 is 13.0 Å². The van der Waals surface area contributed by atoms with Crippen molar-refractivity contribution in [3.8, 4) is 11.6 Å². The summed E-state index contributed by atoms with van der Waals surface area (Å²) < 4.78 is 1.75. The van der Waals surface area contributed by atoms with Crippen molar-refractivity contribution in [1.82, 2.24) is 19.4 Å². The Labute approximate surface area is 185 Å². The number of amides is 1. The summed E-state index contributed by atoms with van der Waals surface area (Å²) in [6, 6.07) is 12.3. The second kappa shape index (κ2) is 8.78. The Morgan fingerprint density at radius 1 is 1.19 bits per heavy atom. The first kappa shape index (κ1) is 21.5. The lowest BCUT2D eigenvalue weighted by atomic mass is 9.80. The number of anilines is 1. The Bertz CT molecular complexity index is 1290. The van der Waals surface area contributed by atoms with Crippen molar-refractivity contribution in [2.75, 3.05) is 5.32 Å². The molecule has 0 saturated carbocycles. The minimum Gasteiger partial charge on any atom is -0.423 e. The van der Waals surface area contributed by atoms with Gasteiger partial charge in [-0.05, 0) is 29.1 Å². The maximum atomic E-state index is 11.8. The van der Waals surface area contributed by atoms with Crippen LogP contribution in [0.5, 0.6) is 0 Å². The van der Waals surface area contributed by atoms with E-state index in [4.69, 9.17) is 5.73 Å². The maximum Gasteiger partial charge on any atom is 0.488 e. The van der Waals surface area contributed by atoms with Gasteiger partial charge in [-0.25, -0.2) is 15.0 Å². The molecule has 0 aliphatic heterocycles. The molecule has 3 aromatic heterocycles. The van der Waals surface area contributed by atoms with Crippen LogP contribution in [0.4, 0.5) is 5.82 Å². The Balaban J connectivity index is 1.70. The van der Waals surface area contributed by atoms with Gasteiger partial charge in [-0.2, -0.15) is 0 Å². The number of carbonyl (C=O) groups is 1. The molecule has 0 saturated heterocycles. The second-order valence-corrected chi connectivity index (χ2v) is 7.75. The van der Waals surface area contributed by atoms with E-state index in [1.807, 2.05) is 26.0 Å². The first-order valence-electron chi connectivity index (χ1n) is 10.2. The van der Waals surface area contributed by atoms with Crippen LogP contribution in [0.15, 0.2) is 54.9 Å². The van der Waals surface area contributed by atoms with E-state index in [-0.39, 0.29) is 5.92 Å². The molecular weight excluding hydrogens is 407 g/mol. The molecule has 4 aromatic rings. The molecule has 0 bridgehead atoms. The van der Waals surface area contributed by atoms with Gasteiger partial charge in [0.2, 0.25) is 0 Å². The van der Waals surface area contributed by atoms with Gasteiger partial charge in [0.25, 0.3) is 5.91 Å². The van der Waals surface area contributed by atoms with E-state index >= 15 is 0 Å². The average molecular weight is 430 g/mol. The zero-order valence-corrected chi connectivity index (χ0v) is 17.7. The third-order valence-corrected chi connectivity index (χ3v) is 5.10. The van der Waals surface area contributed by atoms with Gasteiger partial charge >= 0.3 is 7.12 Å². The highest BCUT2D eigenvalue weighted by Gasteiger charge is 2.17. The lowest BCUT2D eigenvalue weighted by Crippen LogP contribution is -2.30. The lowest BCUT2D eigenvalue weighted by molar-refractivity contribution is 0.100. The molecule has 0 spiro atoms. The third-order valence-electron chi connectivity index (χ3n) is 5.10. The fraction of sp³-hybridized carbons (Fsp3) is 0.182. The number of aromatic nitrogens is 4. The van der Waals surface area contributed by atoms with Crippen LogP contribution in [0, 0.1) is 0 Å². The van der Waals surface area contributed by atoms with Crippen molar-refractivity contribution in [1.29, 1.82) is 0 Å². The summed E-state index contributed by atoms with van der Waals surface area (Å²) in [5.74, 6) is 1.14. The molecule has 0 aliphatic carbocycles. The zero-order valence-electron chi connectivity index (χ0n) is 17.7. The monoisotopic (exact) mass is 430 g/mol. The van der Waals surface area contributed by atoms with Crippen LogP contribution in [0.2, 0.25) is 0 Å². The predicted octanol–water partition coefficient (Wildman–Crippen LogP) is 1.31. The minimum atomic E-state index is -1.52. The summed E-state index contributed by atoms with van der Waals surface area (Å²) in [5.41, 5.74) is 8.57. The van der Waals surface area contributed by atoms with E-state index in [0.717, 1.165) is 11.3 Å². The average Bonchev–Trinajstić information content (AvgIpc) is 3.21. The summed E-state index contributed by atoms with van der Waals surface area (Å²) in [7, 11) is -1.52. The fourth-order valence-corrected chi connectivity index (χ4v) is 3.40. The number of pyridine rings is 1. The van der Waals surface area contributed by atoms with Crippen molar-refractivity contribution in [2.24, 2.45) is 5.73 Å². The molecule has 3 heterocycles. The quantitative estimate of drug-likeness (QED) is 0.324. The Kier molecular flexibility index (Phi) is 5.89. The van der Waals surface area contributed by atoms with Crippen LogP contribution >= 0.6 is 0 Å². The molecule has 5 N–H and O–H groups in total. The number of primary amides is 1. The van der Waals surface area contributed by atoms with Crippen molar-refractivity contribution >= 4 is 29.8 Å². The second-order valence-electron chi connectivity index (χ2n) is 7.75. The van der Waals surface area contributed by atoms with Crippen LogP contribution in [0.1, 0.15) is 41.4 Å². The number of hydrogen-bond donors (Lipinski definition) is 4. The first-order valence-corrected chi connectivity index (χ1v) is 10.2. The van der Waals surface area contributed by atoms with Gasteiger partial charge in [0.05, 0.1) is 17.3 Å². The molecular formula is C22H23BN6O3. The molecule has 10 heteroatoms. The van der Waals surface area contributed by atoms with Gasteiger partial charge in [-0.15, -0.1) is 0 Å². The number of imidazole rings is 1. The van der Waals surface area contributed by atoms with Crippen LogP contribution in [0.25, 0.3) is 17.2 Å². The molecule has 0 aliphatic rings. The molecule has 162 valence electrons. The van der Waals surface area contributed by atoms with Gasteiger partial charge in [-0.1, -0.05) is 38.1 Å². The number of rotatable bonds is 7. The van der Waals surface area contributed by atoms with E-state index in [9.17, 15) is 14.8 Å². The molecule has 0 radical (unpaired) electrons. The molecule has 4 rings (SSSR count). The van der Waals surface area contributed by atoms with Gasteiger partial charge < -0.3 is 21.1 Å². The smallest absolute Gasteiger partial charge is 0.423 e. The highest BCUT2D eigenvalue weighted by Crippen LogP contribution is 2.23. The normalized spacial score (nSPS) is 11.2. The van der Waals surface area contributed by atoms with Crippen LogP contribution < -0.4 is 16.5 Å². The molecule has 0 atom stereocenters. The summed E-state index contributed by atoms with van der Waals surface area (Å²) in [4.78, 5) is 25.5. The molecule has 1 aromatic carbocycles. The van der Waals surface area contributed by atoms with Gasteiger partial charge in [0.15, 0.2) is 11.6 Å². The molecule has 32 heavy (non-hydrogen) atoms. The number of nitrogens with two attached hydrogens (primary N) is 1. The van der Waals surface area contributed by atoms with Crippen molar-refractivity contribution in [3.63, 3.8) is 0 Å². The predicted molar refractivity (Wildman–Crippen MR) is 122 cm³/mol. The maximum absolute atomic E-state index is 11.8. The van der Waals surface area contributed by atoms with E-state index in [1.165, 1.54) is 0 Å². The number of nitrogens with zero attached hydrogens (tertiary/aromatic N) is 4. The van der Waals surface area contributed by atoms with Crippen molar-refractivity contribution in [3.05, 3.63) is 71.7 Å². The van der Waals surface area contributed by atoms with Crippen molar-refractivity contribution in [2.45, 2.75) is 26.3 Å². The topological polar surface area (TPSA) is 139 Å². The van der Waals surface area contributed by atoms with Crippen LogP contribution in [0.3, 0.4) is 0 Å². The summed E-state index contributed by atoms with van der Waals surface area (Å²) in [5, 5.41) is 22.1. The Hall–Kier alpha value is -3.76. The summed E-state index contributed by atoms with van der Waals surface area (Å²) in [6.07, 6.45) is 3.37. The van der Waals surface area contributed by atoms with Crippen LogP contribution in [-0.4, -0.2) is 42.4 Å². The van der Waals surface area contributed by atoms with Gasteiger partial charge in [-0.3, -0.25) is 9.20 Å². The lowest BCUT2D eigenvalue weighted by Gasteiger charge is -2.12. The standard InChI is InChI=1S/C22H23BN6O3/c1-13(2)17-10-19(25-11-14-5-3-6-15(9-14)23(31)32)28-21(27-17)22-26-12-18-16(20(24)30)7-4-8-29(18)22/h3-10,12-13,31-32H,11H2,1-2H3,(H2,24,30)(H,25,27,28). The number of fused-ring (bicyclic) bond motifs is 1. The molecule has 0 fully saturated rings. The number of carbonyl (C=O) groups excluding carboxylic acids is 1. The van der Waals surface area contributed by atoms with E-state index in [0.29, 0.717) is 40.6 Å². The number of hydrogen-bond acceptors (Lipinski definition) is 7. The Morgan fingerprint density at radius 2 is 2.00 bits per heavy atom. The fourth-order valence-electron chi connectivity index (χ4n) is 3.40. The summed E-state index contributed by atoms with van der Waals surface area (Å²) >= 11 is 0. The Morgan fingerprint density at radius 3 is 2.72 bits per heavy atom. The first-order chi connectivity index (χ1) is 15.3. The van der Waals surface area contributed by atoms with Gasteiger partial charge in [0.1, 0.15) is 5.82 Å². The van der Waals surface area contributed by atoms with Crippen LogP contribution in [-0.2, 0) is 6.54 Å². The zero-order chi connectivity index (χ0) is 22.8. The minimum absolute atomic E-state index is 0.151. The van der Waals surface area contributed by atoms with Crippen molar-refractivity contribution < 1.29 is 14.8 Å². The SMILES string of the molecule is CC(C)c1cc(NCc2cccc(B(O)O)c2)nc(-c2ncc3c(C(N)=O)cccn23)n1.